The van der Waals surface area contributed by atoms with Gasteiger partial charge in [0.05, 0.1) is 12.0 Å². The standard InChI is InChI=1S/C11H18N4O3/c1-2-3-9-12-13-14-15(9)8-11(10(16)17)4-6-18-7-5-11/h2-8H2,1H3,(H,16,17). The maximum atomic E-state index is 11.5. The highest BCUT2D eigenvalue weighted by atomic mass is 16.5. The number of nitrogens with zero attached hydrogens (tertiary/aromatic N) is 4. The molecular weight excluding hydrogens is 236 g/mol. The molecule has 100 valence electrons. The number of hydrogen-bond donors (Lipinski definition) is 1. The summed E-state index contributed by atoms with van der Waals surface area (Å²) >= 11 is 0. The Hall–Kier alpha value is -1.50. The zero-order valence-corrected chi connectivity index (χ0v) is 10.5. The highest BCUT2D eigenvalue weighted by molar-refractivity contribution is 5.74. The predicted octanol–water partition coefficient (Wildman–Crippen LogP) is 0.507. The topological polar surface area (TPSA) is 90.1 Å². The van der Waals surface area contributed by atoms with Crippen LogP contribution >= 0.6 is 0 Å². The molecule has 0 radical (unpaired) electrons. The average molecular weight is 254 g/mol. The molecule has 7 nitrogen and oxygen atoms in total. The Balaban J connectivity index is 2.18. The van der Waals surface area contributed by atoms with Crippen LogP contribution in [0.3, 0.4) is 0 Å². The summed E-state index contributed by atoms with van der Waals surface area (Å²) in [4.78, 5) is 11.5. The molecule has 18 heavy (non-hydrogen) atoms. The number of carboxylic acid groups (broad SMARTS) is 1. The second-order valence-corrected chi connectivity index (χ2v) is 4.70. The Morgan fingerprint density at radius 3 is 2.83 bits per heavy atom. The van der Waals surface area contributed by atoms with Crippen LogP contribution in [0.5, 0.6) is 0 Å². The summed E-state index contributed by atoms with van der Waals surface area (Å²) in [5.41, 5.74) is -0.796. The summed E-state index contributed by atoms with van der Waals surface area (Å²) in [5, 5.41) is 21.0. The molecule has 0 saturated carbocycles. The smallest absolute Gasteiger partial charge is 0.311 e. The third-order valence-electron chi connectivity index (χ3n) is 3.44. The number of carbonyl (C=O) groups is 1. The van der Waals surface area contributed by atoms with Crippen molar-refractivity contribution < 1.29 is 14.6 Å². The molecule has 0 aliphatic carbocycles. The van der Waals surface area contributed by atoms with E-state index in [1.807, 2.05) is 6.92 Å². The minimum Gasteiger partial charge on any atom is -0.481 e. The first-order valence-corrected chi connectivity index (χ1v) is 6.24. The van der Waals surface area contributed by atoms with E-state index in [0.29, 0.717) is 32.6 Å². The van der Waals surface area contributed by atoms with Crippen molar-refractivity contribution in [2.75, 3.05) is 13.2 Å². The van der Waals surface area contributed by atoms with E-state index >= 15 is 0 Å². The largest absolute Gasteiger partial charge is 0.481 e. The van der Waals surface area contributed by atoms with Crippen LogP contribution in [-0.2, 0) is 22.5 Å². The summed E-state index contributed by atoms with van der Waals surface area (Å²) in [6.45, 7) is 3.34. The van der Waals surface area contributed by atoms with Crippen molar-refractivity contribution in [2.24, 2.45) is 5.41 Å². The van der Waals surface area contributed by atoms with Gasteiger partial charge in [0.25, 0.3) is 0 Å². The molecule has 1 aliphatic heterocycles. The van der Waals surface area contributed by atoms with Gasteiger partial charge in [0.1, 0.15) is 0 Å². The van der Waals surface area contributed by atoms with Gasteiger partial charge in [-0.15, -0.1) is 5.10 Å². The number of ether oxygens (including phenoxy) is 1. The highest BCUT2D eigenvalue weighted by Crippen LogP contribution is 2.32. The van der Waals surface area contributed by atoms with Crippen LogP contribution in [0, 0.1) is 5.41 Å². The molecule has 2 heterocycles. The van der Waals surface area contributed by atoms with Gasteiger partial charge in [0.15, 0.2) is 5.82 Å². The number of tetrazole rings is 1. The molecule has 1 N–H and O–H groups in total. The molecule has 0 amide bonds. The molecule has 7 heteroatoms. The second kappa shape index (κ2) is 5.43. The van der Waals surface area contributed by atoms with E-state index in [9.17, 15) is 9.90 Å². The van der Waals surface area contributed by atoms with Crippen molar-refractivity contribution >= 4 is 5.97 Å². The van der Waals surface area contributed by atoms with Gasteiger partial charge < -0.3 is 9.84 Å². The molecule has 1 saturated heterocycles. The quantitative estimate of drug-likeness (QED) is 0.823. The maximum absolute atomic E-state index is 11.5. The third-order valence-corrected chi connectivity index (χ3v) is 3.44. The van der Waals surface area contributed by atoms with Crippen LogP contribution in [-0.4, -0.2) is 44.5 Å². The van der Waals surface area contributed by atoms with Gasteiger partial charge in [-0.25, -0.2) is 4.68 Å². The Labute approximate surface area is 105 Å². The summed E-state index contributed by atoms with van der Waals surface area (Å²) in [6, 6.07) is 0. The number of hydrogen-bond acceptors (Lipinski definition) is 5. The Morgan fingerprint density at radius 2 is 2.22 bits per heavy atom. The first kappa shape index (κ1) is 12.9. The van der Waals surface area contributed by atoms with Crippen molar-refractivity contribution in [3.05, 3.63) is 5.82 Å². The lowest BCUT2D eigenvalue weighted by Gasteiger charge is -2.32. The summed E-state index contributed by atoms with van der Waals surface area (Å²) < 4.78 is 6.88. The van der Waals surface area contributed by atoms with Gasteiger partial charge in [-0.05, 0) is 29.7 Å². The minimum atomic E-state index is -0.796. The summed E-state index contributed by atoms with van der Waals surface area (Å²) in [7, 11) is 0. The molecule has 0 aromatic carbocycles. The van der Waals surface area contributed by atoms with Crippen LogP contribution in [0.1, 0.15) is 32.0 Å². The molecule has 1 aromatic rings. The molecule has 1 fully saturated rings. The van der Waals surface area contributed by atoms with E-state index in [0.717, 1.165) is 18.7 Å². The lowest BCUT2D eigenvalue weighted by Crippen LogP contribution is -2.41. The van der Waals surface area contributed by atoms with Gasteiger partial charge in [-0.2, -0.15) is 0 Å². The van der Waals surface area contributed by atoms with Gasteiger partial charge >= 0.3 is 5.97 Å². The van der Waals surface area contributed by atoms with Gasteiger partial charge in [0, 0.05) is 19.6 Å². The fourth-order valence-electron chi connectivity index (χ4n) is 2.24. The fraction of sp³-hybridized carbons (Fsp3) is 0.818. The maximum Gasteiger partial charge on any atom is 0.311 e. The monoisotopic (exact) mass is 254 g/mol. The Bertz CT molecular complexity index is 412. The van der Waals surface area contributed by atoms with E-state index in [2.05, 4.69) is 15.5 Å². The molecular formula is C11H18N4O3. The molecule has 2 rings (SSSR count). The second-order valence-electron chi connectivity index (χ2n) is 4.70. The number of aromatic nitrogens is 4. The van der Waals surface area contributed by atoms with Crippen molar-refractivity contribution in [3.63, 3.8) is 0 Å². The first-order chi connectivity index (χ1) is 8.68. The summed E-state index contributed by atoms with van der Waals surface area (Å²) in [5.74, 6) is -0.0339. The molecule has 0 atom stereocenters. The highest BCUT2D eigenvalue weighted by Gasteiger charge is 2.41. The number of aliphatic carboxylic acids is 1. The van der Waals surface area contributed by atoms with Crippen molar-refractivity contribution in [3.8, 4) is 0 Å². The Kier molecular flexibility index (Phi) is 3.90. The van der Waals surface area contributed by atoms with E-state index < -0.39 is 11.4 Å². The normalized spacial score (nSPS) is 18.7. The van der Waals surface area contributed by atoms with Crippen LogP contribution in [0.4, 0.5) is 0 Å². The number of aryl methyl sites for hydroxylation is 1. The molecule has 0 unspecified atom stereocenters. The first-order valence-electron chi connectivity index (χ1n) is 6.24. The minimum absolute atomic E-state index is 0.327. The lowest BCUT2D eigenvalue weighted by molar-refractivity contribution is -0.156. The zero-order valence-electron chi connectivity index (χ0n) is 10.5. The molecule has 0 bridgehead atoms. The molecule has 1 aromatic heterocycles. The van der Waals surface area contributed by atoms with Crippen LogP contribution in [0.2, 0.25) is 0 Å². The van der Waals surface area contributed by atoms with E-state index in [-0.39, 0.29) is 0 Å². The van der Waals surface area contributed by atoms with E-state index in [1.54, 1.807) is 4.68 Å². The SMILES string of the molecule is CCCc1nnnn1CC1(C(=O)O)CCOCC1. The van der Waals surface area contributed by atoms with Gasteiger partial charge in [-0.3, -0.25) is 4.79 Å². The number of rotatable bonds is 5. The number of carboxylic acids is 1. The van der Waals surface area contributed by atoms with Crippen molar-refractivity contribution in [1.29, 1.82) is 0 Å². The van der Waals surface area contributed by atoms with Gasteiger partial charge in [0.2, 0.25) is 0 Å². The average Bonchev–Trinajstić information content (AvgIpc) is 2.78. The molecule has 0 spiro atoms. The fourth-order valence-corrected chi connectivity index (χ4v) is 2.24. The van der Waals surface area contributed by atoms with Crippen molar-refractivity contribution in [2.45, 2.75) is 39.2 Å². The lowest BCUT2D eigenvalue weighted by atomic mass is 9.80. The van der Waals surface area contributed by atoms with Crippen LogP contribution in [0.25, 0.3) is 0 Å². The van der Waals surface area contributed by atoms with Crippen LogP contribution in [0.15, 0.2) is 0 Å². The van der Waals surface area contributed by atoms with E-state index in [1.165, 1.54) is 0 Å². The Morgan fingerprint density at radius 1 is 1.50 bits per heavy atom. The summed E-state index contributed by atoms with van der Waals surface area (Å²) in [6.07, 6.45) is 2.71. The predicted molar refractivity (Wildman–Crippen MR) is 61.9 cm³/mol. The molecule has 1 aliphatic rings. The van der Waals surface area contributed by atoms with Crippen molar-refractivity contribution in [1.82, 2.24) is 20.2 Å². The van der Waals surface area contributed by atoms with Gasteiger partial charge in [-0.1, -0.05) is 6.92 Å². The third kappa shape index (κ3) is 2.50. The van der Waals surface area contributed by atoms with Crippen LogP contribution < -0.4 is 0 Å². The zero-order chi connectivity index (χ0) is 13.0. The van der Waals surface area contributed by atoms with E-state index in [4.69, 9.17) is 4.74 Å².